The molecule has 1 aromatic rings. The smallest absolute Gasteiger partial charge is 0.323 e. The summed E-state index contributed by atoms with van der Waals surface area (Å²) in [5, 5.41) is 0. The van der Waals surface area contributed by atoms with Crippen LogP contribution in [0.2, 0.25) is 0 Å². The van der Waals surface area contributed by atoms with E-state index in [4.69, 9.17) is 10.5 Å². The summed E-state index contributed by atoms with van der Waals surface area (Å²) in [6.07, 6.45) is 0.457. The highest BCUT2D eigenvalue weighted by atomic mass is 32.1. The number of rotatable bonds is 4. The number of esters is 1. The van der Waals surface area contributed by atoms with Crippen LogP contribution in [0.1, 0.15) is 12.5 Å². The second kappa shape index (κ2) is 5.78. The Balaban J connectivity index is 2.62. The van der Waals surface area contributed by atoms with Crippen molar-refractivity contribution in [2.24, 2.45) is 5.73 Å². The Morgan fingerprint density at radius 3 is 2.80 bits per heavy atom. The van der Waals surface area contributed by atoms with E-state index in [0.29, 0.717) is 13.0 Å². The van der Waals surface area contributed by atoms with E-state index in [1.807, 2.05) is 24.3 Å². The van der Waals surface area contributed by atoms with Gasteiger partial charge in [-0.1, -0.05) is 18.2 Å². The van der Waals surface area contributed by atoms with Gasteiger partial charge in [0.25, 0.3) is 0 Å². The van der Waals surface area contributed by atoms with Gasteiger partial charge < -0.3 is 10.5 Å². The number of thiol groups is 1. The summed E-state index contributed by atoms with van der Waals surface area (Å²) in [6, 6.07) is 6.95. The SMILES string of the molecule is CCOC(=O)C(N)Cc1ccccc1S. The van der Waals surface area contributed by atoms with Crippen molar-refractivity contribution in [3.05, 3.63) is 29.8 Å². The number of nitrogens with two attached hydrogens (primary N) is 1. The van der Waals surface area contributed by atoms with Crippen molar-refractivity contribution >= 4 is 18.6 Å². The van der Waals surface area contributed by atoms with Gasteiger partial charge in [0.1, 0.15) is 6.04 Å². The summed E-state index contributed by atoms with van der Waals surface area (Å²) in [5.74, 6) is -0.367. The summed E-state index contributed by atoms with van der Waals surface area (Å²) >= 11 is 4.29. The van der Waals surface area contributed by atoms with Crippen molar-refractivity contribution in [2.75, 3.05) is 6.61 Å². The largest absolute Gasteiger partial charge is 0.465 e. The van der Waals surface area contributed by atoms with Gasteiger partial charge in [0.05, 0.1) is 6.61 Å². The first kappa shape index (κ1) is 12.1. The second-order valence-electron chi connectivity index (χ2n) is 3.19. The number of ether oxygens (including phenoxy) is 1. The lowest BCUT2D eigenvalue weighted by molar-refractivity contribution is -0.144. The summed E-state index contributed by atoms with van der Waals surface area (Å²) < 4.78 is 4.83. The molecule has 1 atom stereocenters. The van der Waals surface area contributed by atoms with Gasteiger partial charge in [-0.25, -0.2) is 0 Å². The molecule has 0 fully saturated rings. The number of carbonyl (C=O) groups is 1. The predicted molar refractivity (Wildman–Crippen MR) is 62.0 cm³/mol. The van der Waals surface area contributed by atoms with Crippen LogP contribution in [-0.2, 0) is 16.0 Å². The highest BCUT2D eigenvalue weighted by molar-refractivity contribution is 7.80. The molecule has 0 aliphatic heterocycles. The molecule has 0 aromatic heterocycles. The molecule has 2 N–H and O–H groups in total. The van der Waals surface area contributed by atoms with Crippen molar-refractivity contribution in [1.29, 1.82) is 0 Å². The van der Waals surface area contributed by atoms with Gasteiger partial charge in [0, 0.05) is 4.90 Å². The molecule has 1 aromatic carbocycles. The Bertz CT molecular complexity index is 341. The van der Waals surface area contributed by atoms with Gasteiger partial charge in [-0.3, -0.25) is 4.79 Å². The molecular weight excluding hydrogens is 210 g/mol. The van der Waals surface area contributed by atoms with Gasteiger partial charge in [-0.05, 0) is 25.0 Å². The first-order chi connectivity index (χ1) is 7.15. The molecule has 0 saturated heterocycles. The van der Waals surface area contributed by atoms with Crippen molar-refractivity contribution in [1.82, 2.24) is 0 Å². The minimum absolute atomic E-state index is 0.356. The van der Waals surface area contributed by atoms with Gasteiger partial charge in [0.2, 0.25) is 0 Å². The van der Waals surface area contributed by atoms with Gasteiger partial charge >= 0.3 is 5.97 Å². The molecule has 0 heterocycles. The van der Waals surface area contributed by atoms with Crippen LogP contribution in [-0.4, -0.2) is 18.6 Å². The third-order valence-corrected chi connectivity index (χ3v) is 2.46. The molecule has 4 heteroatoms. The molecular formula is C11H15NO2S. The van der Waals surface area contributed by atoms with Crippen LogP contribution in [0.15, 0.2) is 29.2 Å². The first-order valence-electron chi connectivity index (χ1n) is 4.84. The lowest BCUT2D eigenvalue weighted by Crippen LogP contribution is -2.34. The Morgan fingerprint density at radius 1 is 1.53 bits per heavy atom. The number of carbonyl (C=O) groups excluding carboxylic acids is 1. The fourth-order valence-electron chi connectivity index (χ4n) is 1.25. The van der Waals surface area contributed by atoms with E-state index in [2.05, 4.69) is 12.6 Å². The van der Waals surface area contributed by atoms with Crippen LogP contribution in [0.4, 0.5) is 0 Å². The number of hydrogen-bond acceptors (Lipinski definition) is 4. The van der Waals surface area contributed by atoms with Crippen LogP contribution in [0, 0.1) is 0 Å². The summed E-state index contributed by atoms with van der Waals surface area (Å²) in [7, 11) is 0. The predicted octanol–water partition coefficient (Wildman–Crippen LogP) is 1.41. The van der Waals surface area contributed by atoms with Crippen LogP contribution < -0.4 is 5.73 Å². The van der Waals surface area contributed by atoms with E-state index in [-0.39, 0.29) is 5.97 Å². The van der Waals surface area contributed by atoms with E-state index in [9.17, 15) is 4.79 Å². The molecule has 1 rings (SSSR count). The Labute approximate surface area is 95.0 Å². The zero-order valence-electron chi connectivity index (χ0n) is 8.64. The fraction of sp³-hybridized carbons (Fsp3) is 0.364. The molecule has 0 aliphatic carbocycles. The van der Waals surface area contributed by atoms with Crippen LogP contribution in [0.25, 0.3) is 0 Å². The Hall–Kier alpha value is -1.00. The zero-order chi connectivity index (χ0) is 11.3. The average molecular weight is 225 g/mol. The van der Waals surface area contributed by atoms with Gasteiger partial charge in [-0.2, -0.15) is 0 Å². The molecule has 0 bridgehead atoms. The van der Waals surface area contributed by atoms with Crippen LogP contribution in [0.3, 0.4) is 0 Å². The highest BCUT2D eigenvalue weighted by Crippen LogP contribution is 2.14. The Kier molecular flexibility index (Phi) is 4.65. The molecule has 1 unspecified atom stereocenters. The third kappa shape index (κ3) is 3.57. The number of benzene rings is 1. The standard InChI is InChI=1S/C11H15NO2S/c1-2-14-11(13)9(12)7-8-5-3-4-6-10(8)15/h3-6,9,15H,2,7,12H2,1H3. The first-order valence-corrected chi connectivity index (χ1v) is 5.29. The maximum absolute atomic E-state index is 11.3. The van der Waals surface area contributed by atoms with Crippen molar-refractivity contribution in [2.45, 2.75) is 24.3 Å². The molecule has 0 amide bonds. The van der Waals surface area contributed by atoms with E-state index in [1.165, 1.54) is 0 Å². The minimum Gasteiger partial charge on any atom is -0.465 e. The maximum atomic E-state index is 11.3. The monoisotopic (exact) mass is 225 g/mol. The minimum atomic E-state index is -0.613. The van der Waals surface area contributed by atoms with E-state index >= 15 is 0 Å². The molecule has 82 valence electrons. The van der Waals surface area contributed by atoms with Crippen molar-refractivity contribution in [3.8, 4) is 0 Å². The average Bonchev–Trinajstić information content (AvgIpc) is 2.21. The molecule has 0 aliphatic rings. The van der Waals surface area contributed by atoms with E-state index < -0.39 is 6.04 Å². The summed E-state index contributed by atoms with van der Waals surface area (Å²) in [6.45, 7) is 2.12. The van der Waals surface area contributed by atoms with E-state index in [1.54, 1.807) is 6.92 Å². The topological polar surface area (TPSA) is 52.3 Å². The molecule has 0 saturated carbocycles. The molecule has 15 heavy (non-hydrogen) atoms. The molecule has 3 nitrogen and oxygen atoms in total. The zero-order valence-corrected chi connectivity index (χ0v) is 9.54. The lowest BCUT2D eigenvalue weighted by Gasteiger charge is -2.11. The quantitative estimate of drug-likeness (QED) is 0.601. The van der Waals surface area contributed by atoms with Gasteiger partial charge in [-0.15, -0.1) is 12.6 Å². The highest BCUT2D eigenvalue weighted by Gasteiger charge is 2.15. The fourth-order valence-corrected chi connectivity index (χ4v) is 1.50. The third-order valence-electron chi connectivity index (χ3n) is 2.02. The second-order valence-corrected chi connectivity index (χ2v) is 3.67. The molecule has 0 spiro atoms. The summed E-state index contributed by atoms with van der Waals surface area (Å²) in [4.78, 5) is 12.1. The van der Waals surface area contributed by atoms with Gasteiger partial charge in [0.15, 0.2) is 0 Å². The van der Waals surface area contributed by atoms with E-state index in [0.717, 1.165) is 10.5 Å². The normalized spacial score (nSPS) is 12.2. The van der Waals surface area contributed by atoms with Crippen LogP contribution >= 0.6 is 12.6 Å². The maximum Gasteiger partial charge on any atom is 0.323 e. The summed E-state index contributed by atoms with van der Waals surface area (Å²) in [5.41, 5.74) is 6.66. The lowest BCUT2D eigenvalue weighted by atomic mass is 10.1. The van der Waals surface area contributed by atoms with Crippen molar-refractivity contribution < 1.29 is 9.53 Å². The van der Waals surface area contributed by atoms with Crippen LogP contribution in [0.5, 0.6) is 0 Å². The molecule has 0 radical (unpaired) electrons. The Morgan fingerprint density at radius 2 is 2.20 bits per heavy atom. The number of hydrogen-bond donors (Lipinski definition) is 2. The van der Waals surface area contributed by atoms with Crippen molar-refractivity contribution in [3.63, 3.8) is 0 Å².